The van der Waals surface area contributed by atoms with E-state index in [0.717, 1.165) is 29.9 Å². The zero-order valence-corrected chi connectivity index (χ0v) is 16.8. The minimum Gasteiger partial charge on any atom is -0.493 e. The number of hydrogen-bond donors (Lipinski definition) is 1. The quantitative estimate of drug-likeness (QED) is 0.676. The maximum absolute atomic E-state index is 6.08. The van der Waals surface area contributed by atoms with Gasteiger partial charge in [0.25, 0.3) is 0 Å². The summed E-state index contributed by atoms with van der Waals surface area (Å²) in [7, 11) is 3.30. The highest BCUT2D eigenvalue weighted by molar-refractivity contribution is 5.81. The lowest BCUT2D eigenvalue weighted by Gasteiger charge is -2.40. The van der Waals surface area contributed by atoms with Gasteiger partial charge in [-0.15, -0.1) is 0 Å². The van der Waals surface area contributed by atoms with E-state index in [1.54, 1.807) is 14.2 Å². The van der Waals surface area contributed by atoms with Crippen LogP contribution in [-0.4, -0.2) is 37.5 Å². The summed E-state index contributed by atoms with van der Waals surface area (Å²) in [5.41, 5.74) is 5.51. The third-order valence-corrected chi connectivity index (χ3v) is 5.95. The van der Waals surface area contributed by atoms with Gasteiger partial charge in [0, 0.05) is 24.6 Å². The summed E-state index contributed by atoms with van der Waals surface area (Å²) in [6.45, 7) is 2.63. The Balaban J connectivity index is 1.51. The van der Waals surface area contributed by atoms with E-state index in [2.05, 4.69) is 15.1 Å². The second-order valence-electron chi connectivity index (χ2n) is 7.58. The van der Waals surface area contributed by atoms with Gasteiger partial charge in [-0.25, -0.2) is 0 Å². The van der Waals surface area contributed by atoms with E-state index >= 15 is 0 Å². The molecule has 29 heavy (non-hydrogen) atoms. The summed E-state index contributed by atoms with van der Waals surface area (Å²) >= 11 is 0. The molecule has 0 aliphatic carbocycles. The maximum Gasteiger partial charge on any atom is 0.203 e. The van der Waals surface area contributed by atoms with Gasteiger partial charge in [-0.3, -0.25) is 5.10 Å². The van der Waals surface area contributed by atoms with Gasteiger partial charge in [-0.2, -0.15) is 5.10 Å². The molecule has 1 saturated heterocycles. The Morgan fingerprint density at radius 1 is 1.03 bits per heavy atom. The van der Waals surface area contributed by atoms with Crippen LogP contribution in [0.5, 0.6) is 17.2 Å². The molecule has 2 bridgehead atoms. The van der Waals surface area contributed by atoms with Crippen LogP contribution in [0.4, 0.5) is 5.69 Å². The van der Waals surface area contributed by atoms with Crippen LogP contribution in [0.25, 0.3) is 11.3 Å². The van der Waals surface area contributed by atoms with Crippen molar-refractivity contribution < 1.29 is 14.2 Å². The van der Waals surface area contributed by atoms with Crippen LogP contribution in [0.3, 0.4) is 0 Å². The highest BCUT2D eigenvalue weighted by Crippen LogP contribution is 2.48. The fourth-order valence-electron chi connectivity index (χ4n) is 4.44. The molecule has 3 aliphatic heterocycles. The van der Waals surface area contributed by atoms with E-state index in [4.69, 9.17) is 14.2 Å². The number of ether oxygens (including phenoxy) is 3. The molecular formula is C23H25N3O3. The minimum atomic E-state index is 0.445. The molecule has 150 valence electrons. The average Bonchev–Trinajstić information content (AvgIpc) is 3.26. The summed E-state index contributed by atoms with van der Waals surface area (Å²) in [6.07, 6.45) is 2.40. The Hall–Kier alpha value is -3.15. The number of anilines is 1. The second-order valence-corrected chi connectivity index (χ2v) is 7.58. The van der Waals surface area contributed by atoms with Gasteiger partial charge < -0.3 is 19.1 Å². The number of aromatic amines is 1. The number of fused-ring (bicyclic) bond motifs is 2. The molecule has 0 atom stereocenters. The second kappa shape index (κ2) is 7.35. The number of nitrogens with one attached hydrogen (secondary N) is 1. The first-order valence-electron chi connectivity index (χ1n) is 10.0. The first-order chi connectivity index (χ1) is 14.3. The lowest BCUT2D eigenvalue weighted by molar-refractivity contribution is 0.266. The molecule has 6 nitrogen and oxygen atoms in total. The van der Waals surface area contributed by atoms with Gasteiger partial charge >= 0.3 is 0 Å². The Kier molecular flexibility index (Phi) is 4.54. The van der Waals surface area contributed by atoms with Crippen molar-refractivity contribution in [2.24, 2.45) is 0 Å². The normalized spacial score (nSPS) is 15.3. The number of nitrogens with zero attached hydrogens (tertiary/aromatic N) is 2. The van der Waals surface area contributed by atoms with Gasteiger partial charge in [-0.05, 0) is 30.5 Å². The van der Waals surface area contributed by atoms with Crippen LogP contribution in [0.15, 0.2) is 42.5 Å². The number of aromatic nitrogens is 2. The minimum absolute atomic E-state index is 0.445. The number of methoxy groups -OCH3 is 2. The Morgan fingerprint density at radius 3 is 2.38 bits per heavy atom. The van der Waals surface area contributed by atoms with Gasteiger partial charge in [0.15, 0.2) is 11.5 Å². The standard InChI is InChI=1S/C23H25N3O3/c1-27-18-12-17(21-22-20(24-25-21)16-8-10-26(22)11-9-16)13-19(28-2)23(18)29-14-15-6-4-3-5-7-15/h3-7,12-13,16H,8-11,14H2,1-2H3,(H,24,25). The number of benzene rings is 2. The third kappa shape index (κ3) is 3.09. The molecule has 0 unspecified atom stereocenters. The van der Waals surface area contributed by atoms with Crippen molar-refractivity contribution >= 4 is 5.69 Å². The molecule has 0 amide bonds. The molecule has 6 rings (SSSR count). The number of piperidine rings is 1. The Bertz CT molecular complexity index is 982. The van der Waals surface area contributed by atoms with E-state index in [1.165, 1.54) is 24.2 Å². The first-order valence-corrected chi connectivity index (χ1v) is 10.0. The highest BCUT2D eigenvalue weighted by Gasteiger charge is 2.35. The molecule has 0 radical (unpaired) electrons. The Labute approximate surface area is 170 Å². The van der Waals surface area contributed by atoms with Crippen LogP contribution in [0.1, 0.15) is 30.0 Å². The van der Waals surface area contributed by atoms with Crippen molar-refractivity contribution in [1.29, 1.82) is 0 Å². The van der Waals surface area contributed by atoms with E-state index in [0.29, 0.717) is 29.8 Å². The van der Waals surface area contributed by atoms with E-state index in [-0.39, 0.29) is 0 Å². The molecule has 1 fully saturated rings. The van der Waals surface area contributed by atoms with Crippen molar-refractivity contribution in [3.63, 3.8) is 0 Å². The van der Waals surface area contributed by atoms with Crippen LogP contribution in [-0.2, 0) is 6.61 Å². The first kappa shape index (κ1) is 17.9. The molecule has 0 spiro atoms. The van der Waals surface area contributed by atoms with Crippen molar-refractivity contribution in [2.75, 3.05) is 32.2 Å². The SMILES string of the molecule is COc1cc(-c2n[nH]c3c2N2CCC3CC2)cc(OC)c1OCc1ccccc1. The molecule has 1 N–H and O–H groups in total. The summed E-state index contributed by atoms with van der Waals surface area (Å²) in [6, 6.07) is 14.0. The average molecular weight is 391 g/mol. The van der Waals surface area contributed by atoms with Crippen molar-refractivity contribution in [2.45, 2.75) is 25.4 Å². The molecule has 3 aromatic rings. The fourth-order valence-corrected chi connectivity index (χ4v) is 4.44. The van der Waals surface area contributed by atoms with E-state index < -0.39 is 0 Å². The highest BCUT2D eigenvalue weighted by atomic mass is 16.5. The topological polar surface area (TPSA) is 59.6 Å². The molecule has 4 heterocycles. The molecule has 0 saturated carbocycles. The molecule has 3 aliphatic rings. The van der Waals surface area contributed by atoms with Crippen LogP contribution in [0.2, 0.25) is 0 Å². The fraction of sp³-hybridized carbons (Fsp3) is 0.348. The summed E-state index contributed by atoms with van der Waals surface area (Å²) in [4.78, 5) is 2.44. The molecule has 2 aromatic carbocycles. The monoisotopic (exact) mass is 391 g/mol. The predicted octanol–water partition coefficient (Wildman–Crippen LogP) is 4.37. The lowest BCUT2D eigenvalue weighted by Crippen LogP contribution is -2.38. The van der Waals surface area contributed by atoms with Crippen molar-refractivity contribution in [1.82, 2.24) is 10.2 Å². The summed E-state index contributed by atoms with van der Waals surface area (Å²) in [5.74, 6) is 2.48. The van der Waals surface area contributed by atoms with Crippen LogP contribution < -0.4 is 19.1 Å². The summed E-state index contributed by atoms with van der Waals surface area (Å²) < 4.78 is 17.4. The zero-order valence-electron chi connectivity index (χ0n) is 16.8. The van der Waals surface area contributed by atoms with E-state index in [9.17, 15) is 0 Å². The lowest BCUT2D eigenvalue weighted by atomic mass is 9.86. The number of H-pyrrole nitrogens is 1. The molecular weight excluding hydrogens is 366 g/mol. The van der Waals surface area contributed by atoms with Gasteiger partial charge in [0.1, 0.15) is 12.3 Å². The predicted molar refractivity (Wildman–Crippen MR) is 112 cm³/mol. The molecule has 6 heteroatoms. The largest absolute Gasteiger partial charge is 0.493 e. The van der Waals surface area contributed by atoms with Crippen molar-refractivity contribution in [3.8, 4) is 28.5 Å². The van der Waals surface area contributed by atoms with Crippen LogP contribution >= 0.6 is 0 Å². The third-order valence-electron chi connectivity index (χ3n) is 5.95. The van der Waals surface area contributed by atoms with Crippen molar-refractivity contribution in [3.05, 3.63) is 53.7 Å². The van der Waals surface area contributed by atoms with Gasteiger partial charge in [-0.1, -0.05) is 30.3 Å². The molecule has 1 aromatic heterocycles. The van der Waals surface area contributed by atoms with Gasteiger partial charge in [0.05, 0.1) is 25.6 Å². The number of hydrogen-bond acceptors (Lipinski definition) is 5. The van der Waals surface area contributed by atoms with Gasteiger partial charge in [0.2, 0.25) is 5.75 Å². The number of rotatable bonds is 6. The Morgan fingerprint density at radius 2 is 1.72 bits per heavy atom. The zero-order chi connectivity index (χ0) is 19.8. The van der Waals surface area contributed by atoms with Crippen LogP contribution in [0, 0.1) is 0 Å². The summed E-state index contributed by atoms with van der Waals surface area (Å²) in [5, 5.41) is 7.95. The maximum atomic E-state index is 6.08. The smallest absolute Gasteiger partial charge is 0.203 e. The van der Waals surface area contributed by atoms with E-state index in [1.807, 2.05) is 42.5 Å².